The van der Waals surface area contributed by atoms with Gasteiger partial charge < -0.3 is 4.74 Å². The van der Waals surface area contributed by atoms with Crippen LogP contribution in [0.15, 0.2) is 28.9 Å². The average molecular weight is 241 g/mol. The van der Waals surface area contributed by atoms with Crippen LogP contribution in [0.25, 0.3) is 0 Å². The first-order chi connectivity index (χ1) is 7.27. The molecule has 7 heteroatoms. The summed E-state index contributed by atoms with van der Waals surface area (Å²) in [7, 11) is -0.592. The molecule has 0 amide bonds. The Labute approximate surface area is 92.8 Å². The highest BCUT2D eigenvalue weighted by molar-refractivity contribution is 8.40. The summed E-state index contributed by atoms with van der Waals surface area (Å²) in [4.78, 5) is 15.5. The first-order valence-electron chi connectivity index (χ1n) is 4.08. The maximum Gasteiger partial charge on any atom is 0.225 e. The highest BCUT2D eigenvalue weighted by Gasteiger charge is 2.17. The molecule has 1 aromatic rings. The monoisotopic (exact) mass is 241 g/mol. The lowest BCUT2D eigenvalue weighted by molar-refractivity contribution is -0.114. The van der Waals surface area contributed by atoms with Crippen molar-refractivity contribution in [2.75, 3.05) is 6.61 Å². The molecule has 0 spiro atoms. The standard InChI is InChI=1S/C8H7N3O2S2/c12-6(8-9-3-4-15(8)14)5-13-7-1-2-10-11-7/h1-4H,5H2,(H,10,11). The second-order valence-corrected chi connectivity index (χ2v) is 4.98. The molecule has 5 nitrogen and oxygen atoms in total. The number of ketones is 1. The number of H-pyrrole nitrogens is 1. The molecule has 0 fully saturated rings. The number of carbonyl (C=O) groups is 1. The smallest absolute Gasteiger partial charge is 0.225 e. The molecule has 1 aliphatic heterocycles. The minimum Gasteiger partial charge on any atom is -0.469 e. The molecule has 2 rings (SSSR count). The van der Waals surface area contributed by atoms with Crippen LogP contribution in [0, 0.1) is 0 Å². The third-order valence-electron chi connectivity index (χ3n) is 1.64. The summed E-state index contributed by atoms with van der Waals surface area (Å²) in [5, 5.41) is 8.39. The third kappa shape index (κ3) is 2.37. The summed E-state index contributed by atoms with van der Waals surface area (Å²) >= 11 is 5.03. The molecule has 0 saturated carbocycles. The minimum absolute atomic E-state index is 0.0666. The molecule has 0 bridgehead atoms. The zero-order valence-corrected chi connectivity index (χ0v) is 9.18. The zero-order valence-electron chi connectivity index (χ0n) is 7.54. The van der Waals surface area contributed by atoms with Crippen LogP contribution in [0.5, 0.6) is 5.88 Å². The van der Waals surface area contributed by atoms with Crippen LogP contribution in [0.1, 0.15) is 0 Å². The first kappa shape index (κ1) is 10.2. The number of hydrogen-bond donors (Lipinski definition) is 1. The molecule has 0 aromatic carbocycles. The maximum atomic E-state index is 11.6. The van der Waals surface area contributed by atoms with Crippen LogP contribution in [0.2, 0.25) is 0 Å². The Morgan fingerprint density at radius 1 is 1.67 bits per heavy atom. The van der Waals surface area contributed by atoms with Gasteiger partial charge in [-0.25, -0.2) is 10.1 Å². The van der Waals surface area contributed by atoms with Crippen molar-refractivity contribution < 1.29 is 9.53 Å². The Bertz CT molecular complexity index is 450. The molecule has 1 N–H and O–H groups in total. The van der Waals surface area contributed by atoms with E-state index in [2.05, 4.69) is 15.2 Å². The van der Waals surface area contributed by atoms with Gasteiger partial charge in [-0.3, -0.25) is 4.79 Å². The second-order valence-electron chi connectivity index (χ2n) is 2.65. The Morgan fingerprint density at radius 2 is 2.53 bits per heavy atom. The van der Waals surface area contributed by atoms with Crippen LogP contribution in [-0.2, 0) is 25.4 Å². The number of aromatic amines is 1. The summed E-state index contributed by atoms with van der Waals surface area (Å²) in [5.74, 6) is 0.270. The summed E-state index contributed by atoms with van der Waals surface area (Å²) in [5.41, 5.74) is 0. The number of ether oxygens (including phenoxy) is 1. The lowest BCUT2D eigenvalue weighted by Crippen LogP contribution is -2.22. The second kappa shape index (κ2) is 4.45. The number of rotatable bonds is 4. The van der Waals surface area contributed by atoms with E-state index in [4.69, 9.17) is 15.9 Å². The normalized spacial score (nSPS) is 18.9. The van der Waals surface area contributed by atoms with E-state index in [9.17, 15) is 4.79 Å². The molecule has 0 saturated heterocycles. The van der Waals surface area contributed by atoms with Crippen molar-refractivity contribution in [2.24, 2.45) is 4.99 Å². The number of hydrogen-bond acceptors (Lipinski definition) is 5. The van der Waals surface area contributed by atoms with Gasteiger partial charge >= 0.3 is 0 Å². The molecule has 1 aromatic heterocycles. The number of nitrogens with one attached hydrogen (secondary N) is 1. The van der Waals surface area contributed by atoms with Crippen molar-refractivity contribution in [2.45, 2.75) is 0 Å². The summed E-state index contributed by atoms with van der Waals surface area (Å²) in [6, 6.07) is 1.63. The highest BCUT2D eigenvalue weighted by atomic mass is 32.8. The Morgan fingerprint density at radius 3 is 3.13 bits per heavy atom. The molecule has 15 heavy (non-hydrogen) atoms. The van der Waals surface area contributed by atoms with Crippen molar-refractivity contribution >= 4 is 31.5 Å². The van der Waals surface area contributed by atoms with Gasteiger partial charge in [0.05, 0.1) is 6.20 Å². The van der Waals surface area contributed by atoms with Gasteiger partial charge in [-0.2, -0.15) is 5.10 Å². The van der Waals surface area contributed by atoms with Crippen LogP contribution >= 0.6 is 0 Å². The van der Waals surface area contributed by atoms with E-state index in [1.54, 1.807) is 23.9 Å². The van der Waals surface area contributed by atoms with E-state index < -0.39 is 9.45 Å². The van der Waals surface area contributed by atoms with Gasteiger partial charge in [0, 0.05) is 17.7 Å². The van der Waals surface area contributed by atoms with Crippen LogP contribution < -0.4 is 4.74 Å². The van der Waals surface area contributed by atoms with Crippen molar-refractivity contribution in [3.05, 3.63) is 23.9 Å². The molecule has 78 valence electrons. The fraction of sp³-hybridized carbons (Fsp3) is 0.125. The number of aromatic nitrogens is 2. The Hall–Kier alpha value is -1.34. The van der Waals surface area contributed by atoms with Gasteiger partial charge in [-0.1, -0.05) is 0 Å². The molecule has 0 aliphatic carbocycles. The van der Waals surface area contributed by atoms with E-state index in [0.29, 0.717) is 10.9 Å². The van der Waals surface area contributed by atoms with E-state index in [1.165, 1.54) is 0 Å². The van der Waals surface area contributed by atoms with Crippen molar-refractivity contribution in [3.8, 4) is 5.88 Å². The SMILES string of the molecule is O=C(COc1ccn[nH]1)C1=NC=CS1=S. The predicted octanol–water partition coefficient (Wildman–Crippen LogP) is 0.321. The highest BCUT2D eigenvalue weighted by Crippen LogP contribution is 2.05. The fourth-order valence-electron chi connectivity index (χ4n) is 0.983. The van der Waals surface area contributed by atoms with Crippen LogP contribution in [0.4, 0.5) is 0 Å². The lowest BCUT2D eigenvalue weighted by Gasteiger charge is -2.02. The first-order valence-corrected chi connectivity index (χ1v) is 6.29. The van der Waals surface area contributed by atoms with E-state index in [1.807, 2.05) is 0 Å². The van der Waals surface area contributed by atoms with Gasteiger partial charge in [0.25, 0.3) is 0 Å². The van der Waals surface area contributed by atoms with Crippen molar-refractivity contribution in [1.29, 1.82) is 0 Å². The Kier molecular flexibility index (Phi) is 3.02. The van der Waals surface area contributed by atoms with Gasteiger partial charge in [0.1, 0.15) is 0 Å². The lowest BCUT2D eigenvalue weighted by atomic mass is 10.4. The fourth-order valence-corrected chi connectivity index (χ4v) is 2.29. The summed E-state index contributed by atoms with van der Waals surface area (Å²) in [6.07, 6.45) is 3.10. The van der Waals surface area contributed by atoms with Gasteiger partial charge in [0.2, 0.25) is 11.7 Å². The molecule has 1 aliphatic rings. The Balaban J connectivity index is 1.91. The van der Waals surface area contributed by atoms with E-state index >= 15 is 0 Å². The van der Waals surface area contributed by atoms with Gasteiger partial charge in [-0.05, 0) is 20.6 Å². The quantitative estimate of drug-likeness (QED) is 0.824. The predicted molar refractivity (Wildman–Crippen MR) is 60.4 cm³/mol. The molecular formula is C8H7N3O2S2. The summed E-state index contributed by atoms with van der Waals surface area (Å²) in [6.45, 7) is -0.0666. The van der Waals surface area contributed by atoms with Gasteiger partial charge in [0.15, 0.2) is 11.7 Å². The number of aliphatic imine (C=N–C) groups is 1. The van der Waals surface area contributed by atoms with Gasteiger partial charge in [-0.15, -0.1) is 0 Å². The molecule has 1 atom stereocenters. The largest absolute Gasteiger partial charge is 0.469 e. The van der Waals surface area contributed by atoms with Crippen molar-refractivity contribution in [1.82, 2.24) is 10.2 Å². The number of Topliss-reactive ketones (excluding diaryl/α,β-unsaturated/α-hetero) is 1. The van der Waals surface area contributed by atoms with E-state index in [0.717, 1.165) is 0 Å². The number of nitrogens with zero attached hydrogens (tertiary/aromatic N) is 2. The van der Waals surface area contributed by atoms with E-state index in [-0.39, 0.29) is 12.4 Å². The number of carbonyl (C=O) groups excluding carboxylic acids is 1. The molecule has 1 unspecified atom stereocenters. The molecular weight excluding hydrogens is 234 g/mol. The summed E-state index contributed by atoms with van der Waals surface area (Å²) < 4.78 is 5.15. The van der Waals surface area contributed by atoms with Crippen LogP contribution in [0.3, 0.4) is 0 Å². The third-order valence-corrected chi connectivity index (χ3v) is 3.53. The maximum absolute atomic E-state index is 11.6. The average Bonchev–Trinajstić information content (AvgIpc) is 2.84. The van der Waals surface area contributed by atoms with Crippen LogP contribution in [-0.4, -0.2) is 27.6 Å². The molecule has 2 heterocycles. The zero-order chi connectivity index (χ0) is 10.7. The topological polar surface area (TPSA) is 67.3 Å². The minimum atomic E-state index is -0.592. The molecule has 0 radical (unpaired) electrons. The van der Waals surface area contributed by atoms with Crippen molar-refractivity contribution in [3.63, 3.8) is 0 Å².